The van der Waals surface area contributed by atoms with Crippen LogP contribution in [0, 0.1) is 10.8 Å². The molecule has 0 N–H and O–H groups in total. The van der Waals surface area contributed by atoms with Gasteiger partial charge in [-0.15, -0.1) is 0 Å². The van der Waals surface area contributed by atoms with Crippen LogP contribution >= 0.6 is 0 Å². The number of rotatable bonds is 8. The van der Waals surface area contributed by atoms with Crippen molar-refractivity contribution in [1.82, 2.24) is 4.90 Å². The molecule has 0 saturated carbocycles. The van der Waals surface area contributed by atoms with Gasteiger partial charge in [0.1, 0.15) is 19.0 Å². The Morgan fingerprint density at radius 1 is 0.689 bits per heavy atom. The van der Waals surface area contributed by atoms with Gasteiger partial charge in [0.15, 0.2) is 23.1 Å². The molecule has 6 heteroatoms. The average Bonchev–Trinajstić information content (AvgIpc) is 3.00. The molecule has 0 unspecified atom stereocenters. The van der Waals surface area contributed by atoms with E-state index in [9.17, 15) is 9.59 Å². The lowest BCUT2D eigenvalue weighted by atomic mass is 9.64. The molecule has 3 aromatic rings. The fraction of sp³-hybridized carbons (Fsp3) is 0.385. The second kappa shape index (κ2) is 11.9. The highest BCUT2D eigenvalue weighted by Gasteiger charge is 2.48. The lowest BCUT2D eigenvalue weighted by Crippen LogP contribution is -2.43. The van der Waals surface area contributed by atoms with Crippen LogP contribution in [0.2, 0.25) is 0 Å². The Morgan fingerprint density at radius 2 is 1.27 bits per heavy atom. The number of benzene rings is 3. The summed E-state index contributed by atoms with van der Waals surface area (Å²) in [6, 6.07) is 23.8. The zero-order valence-corrected chi connectivity index (χ0v) is 27.2. The lowest BCUT2D eigenvalue weighted by Gasteiger charge is -2.47. The van der Waals surface area contributed by atoms with Gasteiger partial charge in [-0.1, -0.05) is 76.2 Å². The summed E-state index contributed by atoms with van der Waals surface area (Å²) in [5, 5.41) is 0. The van der Waals surface area contributed by atoms with E-state index in [1.54, 1.807) is 7.11 Å². The van der Waals surface area contributed by atoms with Gasteiger partial charge in [0.2, 0.25) is 0 Å². The summed E-state index contributed by atoms with van der Waals surface area (Å²) >= 11 is 0. The summed E-state index contributed by atoms with van der Waals surface area (Å²) in [7, 11) is 3.67. The lowest BCUT2D eigenvalue weighted by molar-refractivity contribution is -0.119. The third kappa shape index (κ3) is 6.28. The van der Waals surface area contributed by atoms with Crippen LogP contribution in [-0.4, -0.2) is 30.6 Å². The van der Waals surface area contributed by atoms with E-state index < -0.39 is 0 Å². The normalized spacial score (nSPS) is 19.3. The Morgan fingerprint density at radius 3 is 1.84 bits per heavy atom. The minimum absolute atomic E-state index is 0.117. The molecule has 0 bridgehead atoms. The molecule has 1 aliphatic heterocycles. The van der Waals surface area contributed by atoms with Gasteiger partial charge >= 0.3 is 0 Å². The molecule has 6 rings (SSSR count). The van der Waals surface area contributed by atoms with Crippen LogP contribution in [0.4, 0.5) is 0 Å². The van der Waals surface area contributed by atoms with Crippen molar-refractivity contribution in [3.05, 3.63) is 112 Å². The van der Waals surface area contributed by atoms with Crippen LogP contribution in [0.3, 0.4) is 0 Å². The number of ketones is 2. The van der Waals surface area contributed by atoms with Gasteiger partial charge in [0, 0.05) is 48.3 Å². The highest BCUT2D eigenvalue weighted by atomic mass is 16.5. The third-order valence-corrected chi connectivity index (χ3v) is 9.26. The monoisotopic (exact) mass is 605 g/mol. The molecule has 234 valence electrons. The number of hydrogen-bond acceptors (Lipinski definition) is 6. The molecule has 0 radical (unpaired) electrons. The standard InChI is InChI=1S/C39H43NO5/c1-38(2)19-29-36(31(41)21-38)35(37-30(40(29)5)20-39(3,4)22-32(37)42)27-13-15-28(16-14-27)44-24-26-12-17-33(34(18-26)43-6)45-23-25-10-8-7-9-11-25/h7-18,35H,19-24H2,1-6H3. The van der Waals surface area contributed by atoms with Gasteiger partial charge in [0.25, 0.3) is 0 Å². The SMILES string of the molecule is COc1cc(COc2ccc(C3C4=C(CC(C)(C)CC4=O)N(C)C4=C3C(=O)CC(C)(C)C4)cc2)ccc1OCc1ccccc1. The van der Waals surface area contributed by atoms with Crippen molar-refractivity contribution in [2.75, 3.05) is 14.2 Å². The summed E-state index contributed by atoms with van der Waals surface area (Å²) < 4.78 is 17.8. The highest BCUT2D eigenvalue weighted by Crippen LogP contribution is 2.54. The van der Waals surface area contributed by atoms with Crippen LogP contribution < -0.4 is 14.2 Å². The molecule has 6 nitrogen and oxygen atoms in total. The minimum atomic E-state index is -0.347. The van der Waals surface area contributed by atoms with Crippen LogP contribution in [0.5, 0.6) is 17.2 Å². The van der Waals surface area contributed by atoms with E-state index in [1.165, 1.54) is 0 Å². The second-order valence-corrected chi connectivity index (χ2v) is 14.2. The maximum Gasteiger partial charge on any atom is 0.162 e. The Kier molecular flexibility index (Phi) is 8.11. The van der Waals surface area contributed by atoms with Crippen molar-refractivity contribution in [3.8, 4) is 17.2 Å². The molecule has 0 amide bonds. The predicted octanol–water partition coefficient (Wildman–Crippen LogP) is 8.17. The van der Waals surface area contributed by atoms with Crippen LogP contribution in [0.1, 0.15) is 76.0 Å². The van der Waals surface area contributed by atoms with E-state index >= 15 is 0 Å². The Labute approximate surface area is 266 Å². The van der Waals surface area contributed by atoms with Crippen LogP contribution in [-0.2, 0) is 22.8 Å². The fourth-order valence-corrected chi connectivity index (χ4v) is 7.08. The Hall–Kier alpha value is -4.32. The molecule has 0 spiro atoms. The van der Waals surface area contributed by atoms with E-state index in [0.29, 0.717) is 43.3 Å². The van der Waals surface area contributed by atoms with E-state index in [2.05, 4.69) is 32.6 Å². The number of ether oxygens (including phenoxy) is 3. The maximum absolute atomic E-state index is 13.7. The zero-order valence-electron chi connectivity index (χ0n) is 27.2. The van der Waals surface area contributed by atoms with Crippen molar-refractivity contribution >= 4 is 11.6 Å². The first-order valence-corrected chi connectivity index (χ1v) is 15.8. The molecule has 0 atom stereocenters. The molecule has 0 aromatic heterocycles. The number of carbonyl (C=O) groups is 2. The van der Waals surface area contributed by atoms with Crippen molar-refractivity contribution in [2.45, 2.75) is 72.5 Å². The summed E-state index contributed by atoms with van der Waals surface area (Å²) in [6.07, 6.45) is 2.60. The second-order valence-electron chi connectivity index (χ2n) is 14.2. The summed E-state index contributed by atoms with van der Waals surface area (Å²) in [5.41, 5.74) is 6.47. The minimum Gasteiger partial charge on any atom is -0.493 e. The number of nitrogens with zero attached hydrogens (tertiary/aromatic N) is 1. The molecule has 3 aliphatic rings. The van der Waals surface area contributed by atoms with Crippen molar-refractivity contribution in [3.63, 3.8) is 0 Å². The predicted molar refractivity (Wildman–Crippen MR) is 175 cm³/mol. The van der Waals surface area contributed by atoms with Crippen molar-refractivity contribution in [2.24, 2.45) is 10.8 Å². The molecular formula is C39H43NO5. The quantitative estimate of drug-likeness (QED) is 0.258. The zero-order chi connectivity index (χ0) is 31.9. The molecule has 0 fully saturated rings. The van der Waals surface area contributed by atoms with Gasteiger partial charge in [-0.3, -0.25) is 9.59 Å². The number of hydrogen-bond donors (Lipinski definition) is 0. The smallest absolute Gasteiger partial charge is 0.162 e. The number of allylic oxidation sites excluding steroid dienone is 4. The van der Waals surface area contributed by atoms with E-state index in [0.717, 1.165) is 52.1 Å². The van der Waals surface area contributed by atoms with Gasteiger partial charge in [-0.2, -0.15) is 0 Å². The molecular weight excluding hydrogens is 562 g/mol. The first-order chi connectivity index (χ1) is 21.4. The molecule has 45 heavy (non-hydrogen) atoms. The van der Waals surface area contributed by atoms with Gasteiger partial charge in [0.05, 0.1) is 7.11 Å². The fourth-order valence-electron chi connectivity index (χ4n) is 7.08. The molecule has 1 heterocycles. The molecule has 0 saturated heterocycles. The maximum atomic E-state index is 13.7. The van der Waals surface area contributed by atoms with Gasteiger partial charge in [-0.05, 0) is 64.6 Å². The van der Waals surface area contributed by atoms with Gasteiger partial charge < -0.3 is 19.1 Å². The van der Waals surface area contributed by atoms with Crippen LogP contribution in [0.15, 0.2) is 95.3 Å². The van der Waals surface area contributed by atoms with Gasteiger partial charge in [-0.25, -0.2) is 0 Å². The first kappa shape index (κ1) is 30.7. The summed E-state index contributed by atoms with van der Waals surface area (Å²) in [5.74, 6) is 1.99. The van der Waals surface area contributed by atoms with Crippen molar-refractivity contribution < 1.29 is 23.8 Å². The van der Waals surface area contributed by atoms with E-state index in [4.69, 9.17) is 14.2 Å². The Balaban J connectivity index is 1.22. The topological polar surface area (TPSA) is 65.1 Å². The average molecular weight is 606 g/mol. The highest BCUT2D eigenvalue weighted by molar-refractivity contribution is 6.06. The summed E-state index contributed by atoms with van der Waals surface area (Å²) in [4.78, 5) is 29.6. The first-order valence-electron chi connectivity index (χ1n) is 15.8. The largest absolute Gasteiger partial charge is 0.493 e. The number of Topliss-reactive ketones (excluding diaryl/α,β-unsaturated/α-hetero) is 2. The molecule has 2 aliphatic carbocycles. The number of methoxy groups -OCH3 is 1. The van der Waals surface area contributed by atoms with E-state index in [-0.39, 0.29) is 28.3 Å². The third-order valence-electron chi connectivity index (χ3n) is 9.26. The van der Waals surface area contributed by atoms with Crippen LogP contribution in [0.25, 0.3) is 0 Å². The summed E-state index contributed by atoms with van der Waals surface area (Å²) in [6.45, 7) is 9.44. The molecule has 3 aromatic carbocycles. The Bertz CT molecular complexity index is 1630. The van der Waals surface area contributed by atoms with Crippen molar-refractivity contribution in [1.29, 1.82) is 0 Å². The van der Waals surface area contributed by atoms with E-state index in [1.807, 2.05) is 79.8 Å². The number of carbonyl (C=O) groups excluding carboxylic acids is 2.